The van der Waals surface area contributed by atoms with Crippen LogP contribution in [-0.4, -0.2) is 37.2 Å². The molecule has 0 spiro atoms. The summed E-state index contributed by atoms with van der Waals surface area (Å²) in [5.41, 5.74) is 0. The first kappa shape index (κ1) is 68.8. The zero-order valence-corrected chi connectivity index (χ0v) is 47.4. The zero-order chi connectivity index (χ0) is 52.9. The molecule has 0 saturated carbocycles. The molecule has 0 fully saturated rings. The Morgan fingerprint density at radius 1 is 0.288 bits per heavy atom. The van der Waals surface area contributed by atoms with Crippen LogP contribution < -0.4 is 0 Å². The third-order valence-electron chi connectivity index (χ3n) is 12.5. The highest BCUT2D eigenvalue weighted by atomic mass is 16.6. The van der Waals surface area contributed by atoms with Crippen molar-refractivity contribution in [3.63, 3.8) is 0 Å². The van der Waals surface area contributed by atoms with Gasteiger partial charge in [-0.3, -0.25) is 14.4 Å². The van der Waals surface area contributed by atoms with Crippen molar-refractivity contribution in [1.29, 1.82) is 0 Å². The highest BCUT2D eigenvalue weighted by molar-refractivity contribution is 5.71. The highest BCUT2D eigenvalue weighted by Crippen LogP contribution is 2.15. The van der Waals surface area contributed by atoms with Crippen molar-refractivity contribution in [1.82, 2.24) is 0 Å². The quantitative estimate of drug-likeness (QED) is 0.0261. The van der Waals surface area contributed by atoms with Crippen LogP contribution in [-0.2, 0) is 28.6 Å². The number of carbonyl (C=O) groups is 3. The first-order chi connectivity index (χ1) is 36.0. The summed E-state index contributed by atoms with van der Waals surface area (Å²) < 4.78 is 16.8. The third kappa shape index (κ3) is 58.6. The molecule has 0 aromatic rings. The molecule has 1 unspecified atom stereocenters. The lowest BCUT2D eigenvalue weighted by Crippen LogP contribution is -2.30. The molecular formula is C67H110O6. The van der Waals surface area contributed by atoms with Crippen LogP contribution in [0.4, 0.5) is 0 Å². The lowest BCUT2D eigenvalue weighted by molar-refractivity contribution is -0.167. The van der Waals surface area contributed by atoms with Gasteiger partial charge >= 0.3 is 17.9 Å². The molecule has 0 aromatic heterocycles. The number of rotatable bonds is 53. The predicted octanol–water partition coefficient (Wildman–Crippen LogP) is 20.4. The summed E-state index contributed by atoms with van der Waals surface area (Å²) in [7, 11) is 0. The van der Waals surface area contributed by atoms with E-state index in [2.05, 4.69) is 142 Å². The summed E-state index contributed by atoms with van der Waals surface area (Å²) in [5, 5.41) is 0. The van der Waals surface area contributed by atoms with Gasteiger partial charge in [-0.2, -0.15) is 0 Å². The van der Waals surface area contributed by atoms with Gasteiger partial charge in [0.1, 0.15) is 13.2 Å². The molecule has 6 nitrogen and oxygen atoms in total. The van der Waals surface area contributed by atoms with Crippen LogP contribution in [0.3, 0.4) is 0 Å². The normalized spacial score (nSPS) is 13.0. The summed E-state index contributed by atoms with van der Waals surface area (Å²) in [4.78, 5) is 38.0. The summed E-state index contributed by atoms with van der Waals surface area (Å²) in [6.07, 6.45) is 83.6. The molecule has 0 aromatic carbocycles. The van der Waals surface area contributed by atoms with Gasteiger partial charge in [0.25, 0.3) is 0 Å². The van der Waals surface area contributed by atoms with Crippen LogP contribution in [0.15, 0.2) is 122 Å². The lowest BCUT2D eigenvalue weighted by atomic mass is 10.0. The fourth-order valence-corrected chi connectivity index (χ4v) is 8.03. The number of carbonyl (C=O) groups excluding carboxylic acids is 3. The van der Waals surface area contributed by atoms with Crippen molar-refractivity contribution in [2.24, 2.45) is 0 Å². The molecule has 0 heterocycles. The number of allylic oxidation sites excluding steroid dienone is 20. The molecule has 0 aliphatic heterocycles. The van der Waals surface area contributed by atoms with Gasteiger partial charge in [-0.1, -0.05) is 258 Å². The van der Waals surface area contributed by atoms with Crippen molar-refractivity contribution in [3.05, 3.63) is 122 Å². The topological polar surface area (TPSA) is 78.9 Å². The van der Waals surface area contributed by atoms with Gasteiger partial charge in [-0.25, -0.2) is 0 Å². The van der Waals surface area contributed by atoms with E-state index >= 15 is 0 Å². The molecule has 0 saturated heterocycles. The third-order valence-corrected chi connectivity index (χ3v) is 12.5. The van der Waals surface area contributed by atoms with Crippen LogP contribution in [0.1, 0.15) is 265 Å². The van der Waals surface area contributed by atoms with E-state index in [1.807, 2.05) is 0 Å². The van der Waals surface area contributed by atoms with Crippen LogP contribution in [0, 0.1) is 0 Å². The number of unbranched alkanes of at least 4 members (excludes halogenated alkanes) is 22. The van der Waals surface area contributed by atoms with Crippen molar-refractivity contribution in [2.45, 2.75) is 271 Å². The Morgan fingerprint density at radius 3 is 0.836 bits per heavy atom. The Morgan fingerprint density at radius 2 is 0.534 bits per heavy atom. The van der Waals surface area contributed by atoms with E-state index in [0.717, 1.165) is 141 Å². The predicted molar refractivity (Wildman–Crippen MR) is 316 cm³/mol. The van der Waals surface area contributed by atoms with Crippen LogP contribution in [0.25, 0.3) is 0 Å². The smallest absolute Gasteiger partial charge is 0.306 e. The summed E-state index contributed by atoms with van der Waals surface area (Å²) >= 11 is 0. The lowest BCUT2D eigenvalue weighted by Gasteiger charge is -2.18. The van der Waals surface area contributed by atoms with Crippen molar-refractivity contribution in [2.75, 3.05) is 13.2 Å². The Bertz CT molecular complexity index is 1540. The van der Waals surface area contributed by atoms with E-state index in [1.165, 1.54) is 83.5 Å². The van der Waals surface area contributed by atoms with Gasteiger partial charge in [-0.05, 0) is 109 Å². The van der Waals surface area contributed by atoms with E-state index in [0.29, 0.717) is 19.3 Å². The number of ether oxygens (including phenoxy) is 3. The molecule has 0 radical (unpaired) electrons. The number of hydrogen-bond acceptors (Lipinski definition) is 6. The number of esters is 3. The second kappa shape index (κ2) is 60.4. The van der Waals surface area contributed by atoms with E-state index in [9.17, 15) is 14.4 Å². The van der Waals surface area contributed by atoms with Gasteiger partial charge in [0.15, 0.2) is 6.10 Å². The Hall–Kier alpha value is -4.19. The molecule has 0 aliphatic carbocycles. The maximum absolute atomic E-state index is 12.8. The Kier molecular flexibility index (Phi) is 56.9. The molecule has 0 N–H and O–H groups in total. The van der Waals surface area contributed by atoms with Gasteiger partial charge < -0.3 is 14.2 Å². The fourth-order valence-electron chi connectivity index (χ4n) is 8.03. The van der Waals surface area contributed by atoms with Gasteiger partial charge in [0.2, 0.25) is 0 Å². The second-order valence-electron chi connectivity index (χ2n) is 19.5. The summed E-state index contributed by atoms with van der Waals surface area (Å²) in [5.74, 6) is -0.917. The molecule has 6 heteroatoms. The van der Waals surface area contributed by atoms with Crippen molar-refractivity contribution >= 4 is 17.9 Å². The molecule has 0 aliphatic rings. The maximum Gasteiger partial charge on any atom is 0.306 e. The minimum Gasteiger partial charge on any atom is -0.462 e. The van der Waals surface area contributed by atoms with Gasteiger partial charge in [-0.15, -0.1) is 0 Å². The Balaban J connectivity index is 4.21. The molecule has 1 atom stereocenters. The maximum atomic E-state index is 12.8. The van der Waals surface area contributed by atoms with Crippen LogP contribution in [0.5, 0.6) is 0 Å². The summed E-state index contributed by atoms with van der Waals surface area (Å²) in [6.45, 7) is 6.35. The SMILES string of the molecule is CC/C=C\C/C=C\C/C=C\C/C=C\C/C=C\CCCCCCCCCCCCCC(=O)OCC(COC(=O)CCCCCCCCC)OC(=O)CCCCCCC/C=C\C/C=C\C/C=C\C/C=C\C/C=C\CC. The minimum atomic E-state index is -0.790. The van der Waals surface area contributed by atoms with Gasteiger partial charge in [0, 0.05) is 19.3 Å². The molecule has 0 rings (SSSR count). The largest absolute Gasteiger partial charge is 0.462 e. The van der Waals surface area contributed by atoms with Crippen molar-refractivity contribution in [3.8, 4) is 0 Å². The van der Waals surface area contributed by atoms with Crippen LogP contribution >= 0.6 is 0 Å². The molecule has 0 amide bonds. The first-order valence-corrected chi connectivity index (χ1v) is 30.0. The average molecular weight is 1010 g/mol. The molecule has 414 valence electrons. The highest BCUT2D eigenvalue weighted by Gasteiger charge is 2.19. The Labute approximate surface area is 450 Å². The second-order valence-corrected chi connectivity index (χ2v) is 19.5. The zero-order valence-electron chi connectivity index (χ0n) is 47.4. The standard InChI is InChI=1S/C67H110O6/c1-4-7-10-13-16-18-20-22-24-26-28-30-31-32-33-34-35-37-38-40-42-44-46-48-51-54-57-60-66(69)72-63-64(62-71-65(68)59-56-53-50-15-12-9-6-3)73-67(70)61-58-55-52-49-47-45-43-41-39-36-29-27-25-23-21-19-17-14-11-8-5-2/h7-8,10-11,16-19,22-25,28-30,32-33,36,41,43,64H,4-6,9,12-15,20-21,26-27,31,34-35,37-40,42,44-63H2,1-3H3/b10-7-,11-8-,18-16-,19-17-,24-22-,25-23-,30-28-,33-32-,36-29-,43-41-. The van der Waals surface area contributed by atoms with E-state index in [1.54, 1.807) is 0 Å². The van der Waals surface area contributed by atoms with Crippen LogP contribution in [0.2, 0.25) is 0 Å². The fraction of sp³-hybridized carbons (Fsp3) is 0.657. The molecular weight excluding hydrogens is 901 g/mol. The summed E-state index contributed by atoms with van der Waals surface area (Å²) in [6, 6.07) is 0. The first-order valence-electron chi connectivity index (χ1n) is 30.0. The minimum absolute atomic E-state index is 0.0880. The van der Waals surface area contributed by atoms with Gasteiger partial charge in [0.05, 0.1) is 0 Å². The van der Waals surface area contributed by atoms with E-state index in [-0.39, 0.29) is 31.1 Å². The van der Waals surface area contributed by atoms with Crippen molar-refractivity contribution < 1.29 is 28.6 Å². The van der Waals surface area contributed by atoms with E-state index in [4.69, 9.17) is 14.2 Å². The van der Waals surface area contributed by atoms with E-state index < -0.39 is 6.10 Å². The number of hydrogen-bond donors (Lipinski definition) is 0. The molecule has 73 heavy (non-hydrogen) atoms. The monoisotopic (exact) mass is 1010 g/mol. The molecule has 0 bridgehead atoms. The average Bonchev–Trinajstić information content (AvgIpc) is 3.39.